The van der Waals surface area contributed by atoms with Crippen LogP contribution >= 0.6 is 0 Å². The van der Waals surface area contributed by atoms with Gasteiger partial charge in [-0.25, -0.2) is 15.0 Å². The topological polar surface area (TPSA) is 128 Å². The van der Waals surface area contributed by atoms with Crippen LogP contribution in [0.25, 0.3) is 23.0 Å². The molecular formula is C17H12N8O. The number of hydrogen-bond donors (Lipinski definition) is 0. The van der Waals surface area contributed by atoms with Crippen LogP contribution in [-0.2, 0) is 0 Å². The molecule has 0 amide bonds. The van der Waals surface area contributed by atoms with E-state index >= 15 is 0 Å². The summed E-state index contributed by atoms with van der Waals surface area (Å²) in [5.41, 5.74) is 1.49. The first-order valence-corrected chi connectivity index (χ1v) is 7.98. The third-order valence-electron chi connectivity index (χ3n) is 4.13. The van der Waals surface area contributed by atoms with Crippen LogP contribution < -0.4 is 0 Å². The minimum absolute atomic E-state index is 0.151. The average Bonchev–Trinajstić information content (AvgIpc) is 3.37. The van der Waals surface area contributed by atoms with E-state index in [2.05, 4.69) is 31.3 Å². The summed E-state index contributed by atoms with van der Waals surface area (Å²) in [4.78, 5) is 18.7. The molecule has 3 aromatic heterocycles. The summed E-state index contributed by atoms with van der Waals surface area (Å²) in [6.07, 6.45) is 7.03. The van der Waals surface area contributed by atoms with Gasteiger partial charge in [-0.15, -0.1) is 0 Å². The highest BCUT2D eigenvalue weighted by Gasteiger charge is 2.29. The van der Waals surface area contributed by atoms with Crippen LogP contribution in [0.3, 0.4) is 0 Å². The van der Waals surface area contributed by atoms with Gasteiger partial charge in [0.25, 0.3) is 5.89 Å². The third kappa shape index (κ3) is 2.82. The predicted octanol–water partition coefficient (Wildman–Crippen LogP) is 2.08. The van der Waals surface area contributed by atoms with Gasteiger partial charge in [-0.3, -0.25) is 4.90 Å². The van der Waals surface area contributed by atoms with E-state index in [1.807, 2.05) is 6.07 Å². The second-order valence-electron chi connectivity index (χ2n) is 5.72. The van der Waals surface area contributed by atoms with Gasteiger partial charge in [0.2, 0.25) is 0 Å². The van der Waals surface area contributed by atoms with Crippen molar-refractivity contribution in [3.63, 3.8) is 0 Å². The van der Waals surface area contributed by atoms with Gasteiger partial charge in [-0.2, -0.15) is 15.5 Å². The Hall–Kier alpha value is -3.85. The quantitative estimate of drug-likeness (QED) is 0.655. The molecule has 4 rings (SSSR count). The molecule has 1 fully saturated rings. The number of hydrogen-bond acceptors (Lipinski definition) is 9. The Bertz CT molecular complexity index is 1010. The van der Waals surface area contributed by atoms with Gasteiger partial charge in [-0.1, -0.05) is 5.16 Å². The van der Waals surface area contributed by atoms with E-state index in [0.717, 1.165) is 12.8 Å². The van der Waals surface area contributed by atoms with E-state index in [9.17, 15) is 0 Å². The zero-order valence-electron chi connectivity index (χ0n) is 13.6. The molecule has 0 spiro atoms. The Morgan fingerprint density at radius 2 is 2.08 bits per heavy atom. The highest BCUT2D eigenvalue weighted by molar-refractivity contribution is 5.58. The van der Waals surface area contributed by atoms with Crippen LogP contribution in [0.1, 0.15) is 30.4 Å². The molecule has 1 aliphatic heterocycles. The van der Waals surface area contributed by atoms with E-state index in [0.29, 0.717) is 35.1 Å². The molecule has 0 saturated carbocycles. The van der Waals surface area contributed by atoms with Gasteiger partial charge in [0.15, 0.2) is 17.8 Å². The fraction of sp³-hybridized carbons (Fsp3) is 0.235. The van der Waals surface area contributed by atoms with Crippen LogP contribution in [0, 0.1) is 22.8 Å². The van der Waals surface area contributed by atoms with E-state index < -0.39 is 0 Å². The predicted molar refractivity (Wildman–Crippen MR) is 87.6 cm³/mol. The lowest BCUT2D eigenvalue weighted by molar-refractivity contribution is 0.339. The van der Waals surface area contributed by atoms with E-state index in [-0.39, 0.29) is 11.9 Å². The highest BCUT2D eigenvalue weighted by atomic mass is 16.5. The van der Waals surface area contributed by atoms with Crippen LogP contribution in [0.4, 0.5) is 0 Å². The summed E-state index contributed by atoms with van der Waals surface area (Å²) >= 11 is 0. The van der Waals surface area contributed by atoms with Gasteiger partial charge in [0.05, 0.1) is 0 Å². The Balaban J connectivity index is 1.63. The highest BCUT2D eigenvalue weighted by Crippen LogP contribution is 2.30. The lowest BCUT2D eigenvalue weighted by Crippen LogP contribution is -2.17. The van der Waals surface area contributed by atoms with E-state index in [1.165, 1.54) is 0 Å². The van der Waals surface area contributed by atoms with Crippen LogP contribution in [0.15, 0.2) is 35.1 Å². The zero-order chi connectivity index (χ0) is 17.9. The maximum atomic E-state index is 9.16. The largest absolute Gasteiger partial charge is 0.332 e. The molecule has 9 nitrogen and oxygen atoms in total. The molecule has 1 saturated heterocycles. The summed E-state index contributed by atoms with van der Waals surface area (Å²) < 4.78 is 5.34. The molecule has 4 heterocycles. The molecule has 0 bridgehead atoms. The molecule has 1 atom stereocenters. The molecule has 126 valence electrons. The molecule has 0 aromatic carbocycles. The first-order valence-electron chi connectivity index (χ1n) is 7.98. The Morgan fingerprint density at radius 3 is 2.85 bits per heavy atom. The van der Waals surface area contributed by atoms with Crippen LogP contribution in [-0.4, -0.2) is 36.5 Å². The summed E-state index contributed by atoms with van der Waals surface area (Å²) in [5, 5.41) is 22.0. The Morgan fingerprint density at radius 1 is 1.15 bits per heavy atom. The molecule has 3 aromatic rings. The number of likely N-dealkylation sites (tertiary alicyclic amines) is 1. The van der Waals surface area contributed by atoms with E-state index in [1.54, 1.807) is 35.5 Å². The van der Waals surface area contributed by atoms with Gasteiger partial charge in [-0.05, 0) is 31.0 Å². The maximum Gasteiger partial charge on any atom is 0.276 e. The number of aromatic nitrogens is 5. The van der Waals surface area contributed by atoms with Crippen molar-refractivity contribution in [1.29, 1.82) is 10.5 Å². The van der Waals surface area contributed by atoms with E-state index in [4.69, 9.17) is 15.0 Å². The number of rotatable bonds is 3. The van der Waals surface area contributed by atoms with Crippen molar-refractivity contribution >= 4 is 0 Å². The fourth-order valence-corrected chi connectivity index (χ4v) is 2.84. The molecule has 0 aliphatic carbocycles. The first-order chi connectivity index (χ1) is 12.8. The molecule has 0 N–H and O–H groups in total. The second kappa shape index (κ2) is 6.57. The van der Waals surface area contributed by atoms with Crippen molar-refractivity contribution in [3.8, 4) is 35.2 Å². The van der Waals surface area contributed by atoms with Gasteiger partial charge >= 0.3 is 0 Å². The Labute approximate surface area is 148 Å². The summed E-state index contributed by atoms with van der Waals surface area (Å²) in [5.74, 6) is 1.20. The normalized spacial score (nSPS) is 16.2. The minimum atomic E-state index is -0.151. The van der Waals surface area contributed by atoms with Gasteiger partial charge in [0, 0.05) is 24.5 Å². The maximum absolute atomic E-state index is 9.16. The molecular weight excluding hydrogens is 332 g/mol. The number of pyridine rings is 1. The lowest BCUT2D eigenvalue weighted by atomic mass is 10.2. The van der Waals surface area contributed by atoms with Crippen LogP contribution in [0.2, 0.25) is 0 Å². The van der Waals surface area contributed by atoms with Crippen molar-refractivity contribution in [2.24, 2.45) is 0 Å². The SMILES string of the molecule is N#Cc1ccc(-c2nccc(-c3nc([C@@H]4CCCN4C#N)no3)n2)cn1. The summed E-state index contributed by atoms with van der Waals surface area (Å²) in [6.45, 7) is 0.703. The van der Waals surface area contributed by atoms with Gasteiger partial charge in [0.1, 0.15) is 23.5 Å². The zero-order valence-corrected chi connectivity index (χ0v) is 13.6. The number of nitriles is 2. The molecule has 0 unspecified atom stereocenters. The third-order valence-corrected chi connectivity index (χ3v) is 4.13. The smallest absolute Gasteiger partial charge is 0.276 e. The van der Waals surface area contributed by atoms with Crippen molar-refractivity contribution in [3.05, 3.63) is 42.1 Å². The van der Waals surface area contributed by atoms with Crippen molar-refractivity contribution < 1.29 is 4.52 Å². The first kappa shape index (κ1) is 15.7. The molecule has 0 radical (unpaired) electrons. The lowest BCUT2D eigenvalue weighted by Gasteiger charge is -2.13. The monoisotopic (exact) mass is 344 g/mol. The molecule has 1 aliphatic rings. The minimum Gasteiger partial charge on any atom is -0.332 e. The molecule has 9 heteroatoms. The summed E-state index contributed by atoms with van der Waals surface area (Å²) in [7, 11) is 0. The second-order valence-corrected chi connectivity index (χ2v) is 5.72. The van der Waals surface area contributed by atoms with Gasteiger partial charge < -0.3 is 4.52 Å². The van der Waals surface area contributed by atoms with Crippen molar-refractivity contribution in [2.75, 3.05) is 6.54 Å². The fourth-order valence-electron chi connectivity index (χ4n) is 2.84. The van der Waals surface area contributed by atoms with Crippen molar-refractivity contribution in [1.82, 2.24) is 30.0 Å². The molecule has 26 heavy (non-hydrogen) atoms. The number of nitrogens with zero attached hydrogens (tertiary/aromatic N) is 8. The standard InChI is InChI=1S/C17H12N8O/c18-8-12-4-3-11(9-21-12)15-20-6-5-13(22-15)17-23-16(24-26-17)14-2-1-7-25(14)10-19/h3-6,9,14H,1-2,7H2/t14-/m0/s1. The summed E-state index contributed by atoms with van der Waals surface area (Å²) in [6, 6.07) is 6.83. The van der Waals surface area contributed by atoms with Crippen molar-refractivity contribution in [2.45, 2.75) is 18.9 Å². The Kier molecular flexibility index (Phi) is 3.96. The van der Waals surface area contributed by atoms with Crippen LogP contribution in [0.5, 0.6) is 0 Å². The average molecular weight is 344 g/mol.